The van der Waals surface area contributed by atoms with Crippen LogP contribution < -0.4 is 11.1 Å². The fourth-order valence-corrected chi connectivity index (χ4v) is 2.78. The highest BCUT2D eigenvalue weighted by atomic mass is 14.9. The Morgan fingerprint density at radius 2 is 1.79 bits per heavy atom. The molecular formula is C17H28N2. The molecule has 106 valence electrons. The summed E-state index contributed by atoms with van der Waals surface area (Å²) in [5.74, 6) is 0.791. The van der Waals surface area contributed by atoms with E-state index >= 15 is 0 Å². The fraction of sp³-hybridized carbons (Fsp3) is 0.647. The number of hydrogen-bond donors (Lipinski definition) is 2. The van der Waals surface area contributed by atoms with Crippen molar-refractivity contribution in [3.05, 3.63) is 29.8 Å². The average Bonchev–Trinajstić information content (AvgIpc) is 3.10. The van der Waals surface area contributed by atoms with Crippen LogP contribution in [0, 0.1) is 11.3 Å². The number of anilines is 1. The Morgan fingerprint density at radius 1 is 1.21 bits per heavy atom. The average molecular weight is 260 g/mol. The van der Waals surface area contributed by atoms with Gasteiger partial charge in [-0.2, -0.15) is 0 Å². The first-order valence-electron chi connectivity index (χ1n) is 7.42. The minimum atomic E-state index is 0.154. The Balaban J connectivity index is 1.89. The van der Waals surface area contributed by atoms with Crippen LogP contribution in [-0.4, -0.2) is 13.1 Å². The largest absolute Gasteiger partial charge is 0.399 e. The van der Waals surface area contributed by atoms with Crippen molar-refractivity contribution >= 4 is 5.69 Å². The summed E-state index contributed by atoms with van der Waals surface area (Å²) in [5.41, 5.74) is 8.67. The normalized spacial score (nSPS) is 17.7. The van der Waals surface area contributed by atoms with Crippen molar-refractivity contribution < 1.29 is 0 Å². The van der Waals surface area contributed by atoms with Gasteiger partial charge < -0.3 is 11.1 Å². The maximum atomic E-state index is 5.75. The topological polar surface area (TPSA) is 38.0 Å². The van der Waals surface area contributed by atoms with Crippen molar-refractivity contribution in [2.24, 2.45) is 11.3 Å². The summed E-state index contributed by atoms with van der Waals surface area (Å²) in [7, 11) is 0. The van der Waals surface area contributed by atoms with E-state index in [0.29, 0.717) is 5.41 Å². The number of nitrogens with one attached hydrogen (secondary N) is 1. The molecule has 0 radical (unpaired) electrons. The van der Waals surface area contributed by atoms with Crippen molar-refractivity contribution in [2.45, 2.75) is 46.0 Å². The van der Waals surface area contributed by atoms with Gasteiger partial charge in [-0.25, -0.2) is 0 Å². The van der Waals surface area contributed by atoms with Gasteiger partial charge in [0.25, 0.3) is 0 Å². The van der Waals surface area contributed by atoms with Crippen molar-refractivity contribution in [2.75, 3.05) is 18.8 Å². The molecule has 0 spiro atoms. The van der Waals surface area contributed by atoms with E-state index in [9.17, 15) is 0 Å². The standard InChI is InChI=1S/C17H28N2/c1-13(2)17(9-10-17)12-19-11-16(3,4)14-5-7-15(18)8-6-14/h5-8,13,19H,9-12,18H2,1-4H3. The van der Waals surface area contributed by atoms with Crippen LogP contribution in [-0.2, 0) is 5.41 Å². The Morgan fingerprint density at radius 3 is 2.26 bits per heavy atom. The molecule has 2 nitrogen and oxygen atoms in total. The maximum absolute atomic E-state index is 5.75. The molecule has 1 aliphatic carbocycles. The summed E-state index contributed by atoms with van der Waals surface area (Å²) >= 11 is 0. The third-order valence-corrected chi connectivity index (χ3v) is 4.85. The van der Waals surface area contributed by atoms with Crippen molar-refractivity contribution in [1.82, 2.24) is 5.32 Å². The van der Waals surface area contributed by atoms with Crippen molar-refractivity contribution in [3.8, 4) is 0 Å². The summed E-state index contributed by atoms with van der Waals surface area (Å²) in [6.07, 6.45) is 2.78. The van der Waals surface area contributed by atoms with Crippen LogP contribution in [0.4, 0.5) is 5.69 Å². The highest BCUT2D eigenvalue weighted by Crippen LogP contribution is 2.51. The second-order valence-electron chi connectivity index (χ2n) is 7.13. The predicted molar refractivity (Wildman–Crippen MR) is 83.3 cm³/mol. The Kier molecular flexibility index (Phi) is 3.91. The summed E-state index contributed by atoms with van der Waals surface area (Å²) in [5, 5.41) is 3.69. The van der Waals surface area contributed by atoms with Gasteiger partial charge in [0.2, 0.25) is 0 Å². The number of rotatable bonds is 6. The second-order valence-corrected chi connectivity index (χ2v) is 7.13. The second kappa shape index (κ2) is 5.16. The van der Waals surface area contributed by atoms with Crippen molar-refractivity contribution in [1.29, 1.82) is 0 Å². The number of benzene rings is 1. The van der Waals surface area contributed by atoms with Crippen LogP contribution >= 0.6 is 0 Å². The fourth-order valence-electron chi connectivity index (χ4n) is 2.78. The first-order valence-corrected chi connectivity index (χ1v) is 7.42. The molecule has 1 saturated carbocycles. The monoisotopic (exact) mass is 260 g/mol. The summed E-state index contributed by atoms with van der Waals surface area (Å²) in [6.45, 7) is 11.5. The third-order valence-electron chi connectivity index (χ3n) is 4.85. The van der Waals surface area contributed by atoms with Crippen LogP contribution in [0.5, 0.6) is 0 Å². The van der Waals surface area contributed by atoms with Gasteiger partial charge in [-0.05, 0) is 41.9 Å². The van der Waals surface area contributed by atoms with E-state index in [4.69, 9.17) is 5.73 Å². The van der Waals surface area contributed by atoms with Gasteiger partial charge in [-0.1, -0.05) is 39.8 Å². The molecule has 0 amide bonds. The van der Waals surface area contributed by atoms with E-state index in [1.165, 1.54) is 18.4 Å². The van der Waals surface area contributed by atoms with Gasteiger partial charge in [0.05, 0.1) is 0 Å². The zero-order chi connectivity index (χ0) is 14.1. The molecule has 1 aromatic carbocycles. The summed E-state index contributed by atoms with van der Waals surface area (Å²) < 4.78 is 0. The van der Waals surface area contributed by atoms with E-state index in [1.54, 1.807) is 0 Å². The van der Waals surface area contributed by atoms with Crippen LogP contribution in [0.2, 0.25) is 0 Å². The molecular weight excluding hydrogens is 232 g/mol. The first-order chi connectivity index (χ1) is 8.86. The quantitative estimate of drug-likeness (QED) is 0.767. The minimum Gasteiger partial charge on any atom is -0.399 e. The lowest BCUT2D eigenvalue weighted by molar-refractivity contribution is 0.323. The van der Waals surface area contributed by atoms with Crippen LogP contribution in [0.15, 0.2) is 24.3 Å². The molecule has 1 fully saturated rings. The molecule has 2 heteroatoms. The molecule has 3 N–H and O–H groups in total. The zero-order valence-electron chi connectivity index (χ0n) is 12.8. The van der Waals surface area contributed by atoms with Gasteiger partial charge in [-0.15, -0.1) is 0 Å². The number of nitrogen functional groups attached to an aromatic ring is 1. The molecule has 0 bridgehead atoms. The third kappa shape index (κ3) is 3.30. The molecule has 0 saturated heterocycles. The molecule has 0 heterocycles. The lowest BCUT2D eigenvalue weighted by Gasteiger charge is -2.28. The number of nitrogens with two attached hydrogens (primary N) is 1. The lowest BCUT2D eigenvalue weighted by atomic mass is 9.84. The molecule has 2 rings (SSSR count). The first kappa shape index (κ1) is 14.4. The maximum Gasteiger partial charge on any atom is 0.0314 e. The van der Waals surface area contributed by atoms with Gasteiger partial charge >= 0.3 is 0 Å². The van der Waals surface area contributed by atoms with E-state index in [2.05, 4.69) is 45.1 Å². The van der Waals surface area contributed by atoms with Gasteiger partial charge in [0.1, 0.15) is 0 Å². The van der Waals surface area contributed by atoms with Crippen molar-refractivity contribution in [3.63, 3.8) is 0 Å². The minimum absolute atomic E-state index is 0.154. The summed E-state index contributed by atoms with van der Waals surface area (Å²) in [6, 6.07) is 8.28. The van der Waals surface area contributed by atoms with Gasteiger partial charge in [0.15, 0.2) is 0 Å². The van der Waals surface area contributed by atoms with Gasteiger partial charge in [0, 0.05) is 24.2 Å². The summed E-state index contributed by atoms with van der Waals surface area (Å²) in [4.78, 5) is 0. The molecule has 19 heavy (non-hydrogen) atoms. The molecule has 0 atom stereocenters. The van der Waals surface area contributed by atoms with Crippen LogP contribution in [0.1, 0.15) is 46.1 Å². The van der Waals surface area contributed by atoms with Gasteiger partial charge in [-0.3, -0.25) is 0 Å². The molecule has 1 aliphatic rings. The van der Waals surface area contributed by atoms with E-state index in [-0.39, 0.29) is 5.41 Å². The highest BCUT2D eigenvalue weighted by Gasteiger charge is 2.44. The smallest absolute Gasteiger partial charge is 0.0314 e. The lowest BCUT2D eigenvalue weighted by Crippen LogP contribution is -2.37. The predicted octanol–water partition coefficient (Wildman–Crippen LogP) is 3.57. The Hall–Kier alpha value is -1.02. The Labute approximate surface area is 117 Å². The number of hydrogen-bond acceptors (Lipinski definition) is 2. The van der Waals surface area contributed by atoms with E-state index in [0.717, 1.165) is 24.7 Å². The highest BCUT2D eigenvalue weighted by molar-refractivity contribution is 5.41. The molecule has 0 aromatic heterocycles. The van der Waals surface area contributed by atoms with Crippen LogP contribution in [0.25, 0.3) is 0 Å². The zero-order valence-corrected chi connectivity index (χ0v) is 12.8. The SMILES string of the molecule is CC(C)C1(CNCC(C)(C)c2ccc(N)cc2)CC1. The molecule has 1 aromatic rings. The van der Waals surface area contributed by atoms with E-state index < -0.39 is 0 Å². The van der Waals surface area contributed by atoms with E-state index in [1.807, 2.05) is 12.1 Å². The van der Waals surface area contributed by atoms with Crippen LogP contribution in [0.3, 0.4) is 0 Å². The molecule has 0 aliphatic heterocycles. The Bertz CT molecular complexity index is 413. The molecule has 0 unspecified atom stereocenters.